The van der Waals surface area contributed by atoms with E-state index in [0.29, 0.717) is 6.04 Å². The minimum absolute atomic E-state index is 0.185. The quantitative estimate of drug-likeness (QED) is 0.911. The molecule has 0 aliphatic carbocycles. The van der Waals surface area contributed by atoms with Gasteiger partial charge in [-0.3, -0.25) is 0 Å². The molecular formula is C13H22N2S2. The van der Waals surface area contributed by atoms with Gasteiger partial charge in [-0.25, -0.2) is 4.98 Å². The summed E-state index contributed by atoms with van der Waals surface area (Å²) in [5.74, 6) is 2.62. The topological polar surface area (TPSA) is 24.9 Å². The van der Waals surface area contributed by atoms with Crippen molar-refractivity contribution in [2.24, 2.45) is 0 Å². The first kappa shape index (κ1) is 13.4. The van der Waals surface area contributed by atoms with Gasteiger partial charge in [0.2, 0.25) is 0 Å². The highest BCUT2D eigenvalue weighted by molar-refractivity contribution is 7.99. The van der Waals surface area contributed by atoms with E-state index in [4.69, 9.17) is 4.98 Å². The highest BCUT2D eigenvalue weighted by atomic mass is 32.2. The minimum atomic E-state index is 0.185. The molecule has 0 radical (unpaired) electrons. The monoisotopic (exact) mass is 270 g/mol. The summed E-state index contributed by atoms with van der Waals surface area (Å²) in [6.07, 6.45) is 2.61. The van der Waals surface area contributed by atoms with Crippen molar-refractivity contribution in [1.82, 2.24) is 10.3 Å². The molecule has 1 saturated heterocycles. The Balaban J connectivity index is 1.84. The zero-order chi connectivity index (χ0) is 12.3. The fourth-order valence-corrected chi connectivity index (χ4v) is 3.90. The molecule has 0 amide bonds. The first-order valence-corrected chi connectivity index (χ1v) is 8.35. The van der Waals surface area contributed by atoms with Crippen LogP contribution in [0.5, 0.6) is 0 Å². The van der Waals surface area contributed by atoms with E-state index >= 15 is 0 Å². The van der Waals surface area contributed by atoms with Crippen LogP contribution in [0, 0.1) is 0 Å². The van der Waals surface area contributed by atoms with Crippen molar-refractivity contribution < 1.29 is 0 Å². The lowest BCUT2D eigenvalue weighted by molar-refractivity contribution is 0.478. The second kappa shape index (κ2) is 5.72. The van der Waals surface area contributed by atoms with Gasteiger partial charge in [0.25, 0.3) is 0 Å². The highest BCUT2D eigenvalue weighted by Crippen LogP contribution is 2.25. The van der Waals surface area contributed by atoms with Crippen molar-refractivity contribution in [3.63, 3.8) is 0 Å². The number of thioether (sulfide) groups is 1. The summed E-state index contributed by atoms with van der Waals surface area (Å²) in [7, 11) is 0. The number of thiazole rings is 1. The van der Waals surface area contributed by atoms with Crippen molar-refractivity contribution in [2.45, 2.75) is 51.6 Å². The van der Waals surface area contributed by atoms with E-state index in [0.717, 1.165) is 6.54 Å². The number of nitrogens with zero attached hydrogens (tertiary/aromatic N) is 1. The van der Waals surface area contributed by atoms with Gasteiger partial charge in [-0.05, 0) is 24.3 Å². The van der Waals surface area contributed by atoms with Crippen molar-refractivity contribution in [1.29, 1.82) is 0 Å². The molecule has 1 fully saturated rings. The molecule has 0 bridgehead atoms. The molecule has 2 nitrogen and oxygen atoms in total. The number of hydrogen-bond donors (Lipinski definition) is 1. The molecule has 2 rings (SSSR count). The summed E-state index contributed by atoms with van der Waals surface area (Å²) < 4.78 is 0. The maximum atomic E-state index is 4.72. The molecule has 4 heteroatoms. The van der Waals surface area contributed by atoms with Crippen molar-refractivity contribution in [3.8, 4) is 0 Å². The molecule has 0 atom stereocenters. The van der Waals surface area contributed by atoms with E-state index in [9.17, 15) is 0 Å². The zero-order valence-corrected chi connectivity index (χ0v) is 12.6. The lowest BCUT2D eigenvalue weighted by Crippen LogP contribution is -2.32. The third-order valence-electron chi connectivity index (χ3n) is 2.99. The Morgan fingerprint density at radius 3 is 2.65 bits per heavy atom. The number of nitrogens with one attached hydrogen (secondary N) is 1. The predicted octanol–water partition coefficient (Wildman–Crippen LogP) is 3.43. The number of hydrogen-bond acceptors (Lipinski definition) is 4. The summed E-state index contributed by atoms with van der Waals surface area (Å²) in [6, 6.07) is 0.705. The summed E-state index contributed by atoms with van der Waals surface area (Å²) in [6.45, 7) is 7.60. The lowest BCUT2D eigenvalue weighted by atomic mass is 9.98. The van der Waals surface area contributed by atoms with Crippen molar-refractivity contribution in [2.75, 3.05) is 11.5 Å². The van der Waals surface area contributed by atoms with Crippen LogP contribution in [0.3, 0.4) is 0 Å². The van der Waals surface area contributed by atoms with E-state index in [1.165, 1.54) is 35.0 Å². The highest BCUT2D eigenvalue weighted by Gasteiger charge is 2.18. The van der Waals surface area contributed by atoms with Gasteiger partial charge in [0, 0.05) is 23.4 Å². The van der Waals surface area contributed by atoms with Crippen LogP contribution in [-0.2, 0) is 12.0 Å². The summed E-state index contributed by atoms with van der Waals surface area (Å²) in [5.41, 5.74) is 1.39. The van der Waals surface area contributed by atoms with Crippen LogP contribution < -0.4 is 5.32 Å². The average Bonchev–Trinajstić information content (AvgIpc) is 2.76. The molecule has 0 saturated carbocycles. The van der Waals surface area contributed by atoms with Gasteiger partial charge in [-0.15, -0.1) is 11.3 Å². The Hall–Kier alpha value is -0.0600. The lowest BCUT2D eigenvalue weighted by Gasteiger charge is -2.22. The van der Waals surface area contributed by atoms with Crippen molar-refractivity contribution >= 4 is 23.1 Å². The van der Waals surface area contributed by atoms with Crippen LogP contribution in [0.1, 0.15) is 44.3 Å². The van der Waals surface area contributed by atoms with Gasteiger partial charge in [0.1, 0.15) is 0 Å². The molecule has 96 valence electrons. The molecule has 1 aliphatic heterocycles. The van der Waals surface area contributed by atoms with Gasteiger partial charge < -0.3 is 5.32 Å². The SMILES string of the molecule is CC(C)(C)c1nc(CNC2CCSCC2)cs1. The van der Waals surface area contributed by atoms with E-state index in [1.807, 2.05) is 0 Å². The second-order valence-electron chi connectivity index (χ2n) is 5.66. The third kappa shape index (κ3) is 3.97. The molecule has 0 aromatic carbocycles. The maximum Gasteiger partial charge on any atom is 0.0982 e. The molecule has 17 heavy (non-hydrogen) atoms. The largest absolute Gasteiger partial charge is 0.308 e. The Kier molecular flexibility index (Phi) is 4.50. The fourth-order valence-electron chi connectivity index (χ4n) is 1.88. The van der Waals surface area contributed by atoms with Gasteiger partial charge in [0.15, 0.2) is 0 Å². The van der Waals surface area contributed by atoms with Crippen LogP contribution in [0.15, 0.2) is 5.38 Å². The van der Waals surface area contributed by atoms with Gasteiger partial charge in [-0.2, -0.15) is 11.8 Å². The first-order valence-electron chi connectivity index (χ1n) is 6.32. The minimum Gasteiger partial charge on any atom is -0.308 e. The van der Waals surface area contributed by atoms with Crippen LogP contribution >= 0.6 is 23.1 Å². The maximum absolute atomic E-state index is 4.72. The number of aromatic nitrogens is 1. The fraction of sp³-hybridized carbons (Fsp3) is 0.769. The Bertz CT molecular complexity index is 349. The smallest absolute Gasteiger partial charge is 0.0982 e. The van der Waals surface area contributed by atoms with E-state index in [2.05, 4.69) is 43.2 Å². The van der Waals surface area contributed by atoms with Gasteiger partial charge >= 0.3 is 0 Å². The van der Waals surface area contributed by atoms with E-state index in [-0.39, 0.29) is 5.41 Å². The molecule has 1 N–H and O–H groups in total. The standard InChI is InChI=1S/C13H22N2S2/c1-13(2,3)12-15-11(9-17-12)8-14-10-4-6-16-7-5-10/h9-10,14H,4-8H2,1-3H3. The van der Waals surface area contributed by atoms with Crippen LogP contribution in [0.4, 0.5) is 0 Å². The average molecular weight is 270 g/mol. The Labute approximate surface area is 113 Å². The molecule has 2 heterocycles. The van der Waals surface area contributed by atoms with Crippen LogP contribution in [-0.4, -0.2) is 22.5 Å². The van der Waals surface area contributed by atoms with E-state index in [1.54, 1.807) is 11.3 Å². The molecule has 0 spiro atoms. The zero-order valence-electron chi connectivity index (χ0n) is 11.0. The Morgan fingerprint density at radius 2 is 2.06 bits per heavy atom. The molecule has 1 aliphatic rings. The summed E-state index contributed by atoms with van der Waals surface area (Å²) in [5, 5.41) is 7.08. The molecule has 1 aromatic heterocycles. The normalized spacial score (nSPS) is 18.5. The summed E-state index contributed by atoms with van der Waals surface area (Å²) in [4.78, 5) is 4.72. The summed E-state index contributed by atoms with van der Waals surface area (Å²) >= 11 is 3.86. The third-order valence-corrected chi connectivity index (χ3v) is 5.35. The first-order chi connectivity index (χ1) is 8.05. The van der Waals surface area contributed by atoms with Gasteiger partial charge in [0.05, 0.1) is 10.7 Å². The molecule has 1 aromatic rings. The molecular weight excluding hydrogens is 248 g/mol. The van der Waals surface area contributed by atoms with Gasteiger partial charge in [-0.1, -0.05) is 20.8 Å². The molecule has 0 unspecified atom stereocenters. The van der Waals surface area contributed by atoms with Crippen molar-refractivity contribution in [3.05, 3.63) is 16.1 Å². The van der Waals surface area contributed by atoms with E-state index < -0.39 is 0 Å². The van der Waals surface area contributed by atoms with Crippen LogP contribution in [0.25, 0.3) is 0 Å². The van der Waals surface area contributed by atoms with Crippen LogP contribution in [0.2, 0.25) is 0 Å². The predicted molar refractivity (Wildman–Crippen MR) is 78.0 cm³/mol. The number of rotatable bonds is 3. The second-order valence-corrected chi connectivity index (χ2v) is 7.74. The Morgan fingerprint density at radius 1 is 1.35 bits per heavy atom.